The molecule has 1 unspecified atom stereocenters. The Kier molecular flexibility index (Phi) is 4.90. The van der Waals surface area contributed by atoms with Gasteiger partial charge in [0.05, 0.1) is 12.8 Å². The van der Waals surface area contributed by atoms with Crippen molar-refractivity contribution in [3.63, 3.8) is 0 Å². The van der Waals surface area contributed by atoms with Crippen molar-refractivity contribution >= 4 is 11.6 Å². The molecule has 0 radical (unpaired) electrons. The summed E-state index contributed by atoms with van der Waals surface area (Å²) in [6, 6.07) is 9.53. The highest BCUT2D eigenvalue weighted by Crippen LogP contribution is 2.08. The Morgan fingerprint density at radius 1 is 1.30 bits per heavy atom. The minimum atomic E-state index is -0.326. The fraction of sp³-hybridized carbons (Fsp3) is 0.267. The Labute approximate surface area is 117 Å². The Bertz CT molecular complexity index is 538. The van der Waals surface area contributed by atoms with Gasteiger partial charge in [0, 0.05) is 18.2 Å². The number of amides is 1. The number of hydrogen-bond acceptors (Lipinski definition) is 3. The van der Waals surface area contributed by atoms with Gasteiger partial charge in [-0.2, -0.15) is 0 Å². The van der Waals surface area contributed by atoms with E-state index in [1.165, 1.54) is 24.3 Å². The smallest absolute Gasteiger partial charge is 0.238 e. The van der Waals surface area contributed by atoms with Gasteiger partial charge in [0.2, 0.25) is 5.91 Å². The molecule has 0 fully saturated rings. The van der Waals surface area contributed by atoms with Gasteiger partial charge in [0.15, 0.2) is 0 Å². The molecular formula is C15H17FN2O2. The Morgan fingerprint density at radius 2 is 2.05 bits per heavy atom. The third-order valence-corrected chi connectivity index (χ3v) is 2.83. The fourth-order valence-corrected chi connectivity index (χ4v) is 1.81. The molecule has 2 aromatic rings. The number of carbonyl (C=O) groups excluding carboxylic acids is 1. The molecule has 1 amide bonds. The van der Waals surface area contributed by atoms with Crippen LogP contribution in [0, 0.1) is 5.82 Å². The number of halogens is 1. The van der Waals surface area contributed by atoms with Crippen molar-refractivity contribution in [1.29, 1.82) is 0 Å². The van der Waals surface area contributed by atoms with Crippen LogP contribution in [0.15, 0.2) is 47.1 Å². The summed E-state index contributed by atoms with van der Waals surface area (Å²) < 4.78 is 18.0. The summed E-state index contributed by atoms with van der Waals surface area (Å²) in [5.41, 5.74) is 0.580. The van der Waals surface area contributed by atoms with Gasteiger partial charge in [-0.1, -0.05) is 0 Å². The van der Waals surface area contributed by atoms with Gasteiger partial charge < -0.3 is 15.1 Å². The van der Waals surface area contributed by atoms with Crippen molar-refractivity contribution < 1.29 is 13.6 Å². The van der Waals surface area contributed by atoms with Gasteiger partial charge in [0.25, 0.3) is 0 Å². The van der Waals surface area contributed by atoms with Crippen LogP contribution in [0.5, 0.6) is 0 Å². The molecule has 1 heterocycles. The van der Waals surface area contributed by atoms with E-state index in [0.717, 1.165) is 12.2 Å². The topological polar surface area (TPSA) is 54.3 Å². The van der Waals surface area contributed by atoms with Crippen LogP contribution in [0.1, 0.15) is 12.7 Å². The maximum Gasteiger partial charge on any atom is 0.238 e. The Morgan fingerprint density at radius 3 is 2.70 bits per heavy atom. The van der Waals surface area contributed by atoms with Crippen molar-refractivity contribution in [3.05, 3.63) is 54.2 Å². The third-order valence-electron chi connectivity index (χ3n) is 2.83. The van der Waals surface area contributed by atoms with Crippen molar-refractivity contribution in [2.24, 2.45) is 0 Å². The number of hydrogen-bond donors (Lipinski definition) is 2. The maximum atomic E-state index is 12.7. The van der Waals surface area contributed by atoms with Crippen LogP contribution in [0.4, 0.5) is 10.1 Å². The molecule has 1 atom stereocenters. The highest BCUT2D eigenvalue weighted by molar-refractivity contribution is 5.92. The summed E-state index contributed by atoms with van der Waals surface area (Å²) in [6.45, 7) is 2.17. The van der Waals surface area contributed by atoms with Gasteiger partial charge in [-0.25, -0.2) is 4.39 Å². The molecule has 20 heavy (non-hydrogen) atoms. The minimum absolute atomic E-state index is 0.125. The first-order valence-electron chi connectivity index (χ1n) is 6.44. The zero-order chi connectivity index (χ0) is 14.4. The molecule has 0 aliphatic rings. The summed E-state index contributed by atoms with van der Waals surface area (Å²) in [6.07, 6.45) is 2.35. The number of anilines is 1. The van der Waals surface area contributed by atoms with E-state index < -0.39 is 0 Å². The van der Waals surface area contributed by atoms with E-state index >= 15 is 0 Å². The molecule has 0 bridgehead atoms. The minimum Gasteiger partial charge on any atom is -0.469 e. The van der Waals surface area contributed by atoms with Crippen molar-refractivity contribution in [2.45, 2.75) is 19.4 Å². The lowest BCUT2D eigenvalue weighted by atomic mass is 10.2. The molecule has 5 heteroatoms. The second-order valence-corrected chi connectivity index (χ2v) is 4.62. The first-order valence-corrected chi connectivity index (χ1v) is 6.44. The predicted molar refractivity (Wildman–Crippen MR) is 74.9 cm³/mol. The van der Waals surface area contributed by atoms with Crippen LogP contribution in [-0.4, -0.2) is 18.5 Å². The molecule has 2 N–H and O–H groups in total. The molecular weight excluding hydrogens is 259 g/mol. The molecule has 0 aliphatic carbocycles. The molecule has 0 aliphatic heterocycles. The van der Waals surface area contributed by atoms with Gasteiger partial charge in [-0.3, -0.25) is 4.79 Å². The average molecular weight is 276 g/mol. The van der Waals surface area contributed by atoms with Crippen LogP contribution in [-0.2, 0) is 11.2 Å². The Balaban J connectivity index is 1.73. The second kappa shape index (κ2) is 6.86. The Hall–Kier alpha value is -2.14. The maximum absolute atomic E-state index is 12.7. The molecule has 1 aromatic heterocycles. The molecule has 0 spiro atoms. The lowest BCUT2D eigenvalue weighted by Crippen LogP contribution is -2.35. The van der Waals surface area contributed by atoms with E-state index in [-0.39, 0.29) is 24.3 Å². The monoisotopic (exact) mass is 276 g/mol. The lowest BCUT2D eigenvalue weighted by Gasteiger charge is -2.12. The van der Waals surface area contributed by atoms with E-state index in [2.05, 4.69) is 10.6 Å². The first kappa shape index (κ1) is 14.3. The highest BCUT2D eigenvalue weighted by Gasteiger charge is 2.08. The molecule has 1 aromatic carbocycles. The van der Waals surface area contributed by atoms with Gasteiger partial charge in [-0.05, 0) is 43.3 Å². The van der Waals surface area contributed by atoms with E-state index in [1.807, 2.05) is 19.1 Å². The van der Waals surface area contributed by atoms with Crippen molar-refractivity contribution in [2.75, 3.05) is 11.9 Å². The first-order chi connectivity index (χ1) is 9.63. The van der Waals surface area contributed by atoms with Crippen LogP contribution in [0.2, 0.25) is 0 Å². The predicted octanol–water partition coefficient (Wildman–Crippen LogP) is 2.58. The van der Waals surface area contributed by atoms with Crippen LogP contribution in [0.3, 0.4) is 0 Å². The second-order valence-electron chi connectivity index (χ2n) is 4.62. The number of furan rings is 1. The number of benzene rings is 1. The van der Waals surface area contributed by atoms with Gasteiger partial charge >= 0.3 is 0 Å². The van der Waals surface area contributed by atoms with Crippen LogP contribution >= 0.6 is 0 Å². The van der Waals surface area contributed by atoms with E-state index in [4.69, 9.17) is 4.42 Å². The fourth-order valence-electron chi connectivity index (χ4n) is 1.81. The SMILES string of the molecule is CC(Cc1ccco1)NCC(=O)Nc1ccc(F)cc1. The third kappa shape index (κ3) is 4.51. The average Bonchev–Trinajstić information content (AvgIpc) is 2.92. The summed E-state index contributed by atoms with van der Waals surface area (Å²) in [4.78, 5) is 11.7. The van der Waals surface area contributed by atoms with Gasteiger partial charge in [-0.15, -0.1) is 0 Å². The molecule has 0 saturated heterocycles. The van der Waals surface area contributed by atoms with E-state index in [0.29, 0.717) is 5.69 Å². The van der Waals surface area contributed by atoms with E-state index in [1.54, 1.807) is 6.26 Å². The number of nitrogens with one attached hydrogen (secondary N) is 2. The van der Waals surface area contributed by atoms with Crippen molar-refractivity contribution in [3.8, 4) is 0 Å². The largest absolute Gasteiger partial charge is 0.469 e. The van der Waals surface area contributed by atoms with E-state index in [9.17, 15) is 9.18 Å². The summed E-state index contributed by atoms with van der Waals surface area (Å²) in [5.74, 6) is 0.389. The summed E-state index contributed by atoms with van der Waals surface area (Å²) in [7, 11) is 0. The van der Waals surface area contributed by atoms with Crippen molar-refractivity contribution in [1.82, 2.24) is 5.32 Å². The molecule has 0 saturated carbocycles. The standard InChI is InChI=1S/C15H17FN2O2/c1-11(9-14-3-2-8-20-14)17-10-15(19)18-13-6-4-12(16)5-7-13/h2-8,11,17H,9-10H2,1H3,(H,18,19). The highest BCUT2D eigenvalue weighted by atomic mass is 19.1. The zero-order valence-corrected chi connectivity index (χ0v) is 11.2. The number of rotatable bonds is 6. The molecule has 2 rings (SSSR count). The lowest BCUT2D eigenvalue weighted by molar-refractivity contribution is -0.115. The normalized spacial score (nSPS) is 12.1. The summed E-state index contributed by atoms with van der Waals surface area (Å²) in [5, 5.41) is 5.80. The number of carbonyl (C=O) groups is 1. The van der Waals surface area contributed by atoms with Crippen LogP contribution < -0.4 is 10.6 Å². The van der Waals surface area contributed by atoms with Crippen LogP contribution in [0.25, 0.3) is 0 Å². The zero-order valence-electron chi connectivity index (χ0n) is 11.2. The quantitative estimate of drug-likeness (QED) is 0.852. The molecule has 106 valence electrons. The van der Waals surface area contributed by atoms with Gasteiger partial charge in [0.1, 0.15) is 11.6 Å². The molecule has 4 nitrogen and oxygen atoms in total. The summed E-state index contributed by atoms with van der Waals surface area (Å²) >= 11 is 0.